The fourth-order valence-electron chi connectivity index (χ4n) is 2.74. The minimum absolute atomic E-state index is 0.0452. The maximum absolute atomic E-state index is 12.8. The topological polar surface area (TPSA) is 76.2 Å². The predicted octanol–water partition coefficient (Wildman–Crippen LogP) is 3.22. The molecule has 1 aliphatic heterocycles. The lowest BCUT2D eigenvalue weighted by Crippen LogP contribution is -2.55. The van der Waals surface area contributed by atoms with Crippen molar-refractivity contribution in [3.05, 3.63) is 24.3 Å². The first-order valence-corrected chi connectivity index (χ1v) is 9.99. The summed E-state index contributed by atoms with van der Waals surface area (Å²) in [5.74, 6) is -0.505. The van der Waals surface area contributed by atoms with E-state index in [0.717, 1.165) is 24.3 Å². The highest BCUT2D eigenvalue weighted by Gasteiger charge is 2.37. The van der Waals surface area contributed by atoms with Crippen molar-refractivity contribution in [3.63, 3.8) is 0 Å². The highest BCUT2D eigenvalue weighted by molar-refractivity contribution is 7.89. The van der Waals surface area contributed by atoms with Crippen LogP contribution >= 0.6 is 0 Å². The highest BCUT2D eigenvalue weighted by Crippen LogP contribution is 2.27. The van der Waals surface area contributed by atoms with Gasteiger partial charge in [0.15, 0.2) is 0 Å². The van der Waals surface area contributed by atoms with Gasteiger partial charge in [-0.1, -0.05) is 0 Å². The molecule has 0 saturated carbocycles. The number of sulfonamides is 1. The lowest BCUT2D eigenvalue weighted by atomic mass is 10.2. The lowest BCUT2D eigenvalue weighted by Gasteiger charge is -2.39. The second kappa shape index (κ2) is 7.78. The quantitative estimate of drug-likeness (QED) is 0.745. The number of hydrogen-bond acceptors (Lipinski definition) is 5. The van der Waals surface area contributed by atoms with Gasteiger partial charge in [-0.25, -0.2) is 13.2 Å². The lowest BCUT2D eigenvalue weighted by molar-refractivity contribution is -0.274. The van der Waals surface area contributed by atoms with Gasteiger partial charge in [0.1, 0.15) is 11.4 Å². The maximum Gasteiger partial charge on any atom is 0.573 e. The summed E-state index contributed by atoms with van der Waals surface area (Å²) in [5.41, 5.74) is -0.663. The fourth-order valence-corrected chi connectivity index (χ4v) is 4.35. The molecule has 1 aromatic rings. The summed E-state index contributed by atoms with van der Waals surface area (Å²) in [5, 5.41) is 0. The van der Waals surface area contributed by atoms with Gasteiger partial charge in [-0.15, -0.1) is 13.2 Å². The summed E-state index contributed by atoms with van der Waals surface area (Å²) in [4.78, 5) is 13.4. The van der Waals surface area contributed by atoms with Crippen LogP contribution in [0.3, 0.4) is 0 Å². The number of carbonyl (C=O) groups is 1. The molecule has 2 rings (SSSR count). The summed E-state index contributed by atoms with van der Waals surface area (Å²) in [6, 6.07) is 3.48. The van der Waals surface area contributed by atoms with Crippen LogP contribution in [-0.4, -0.2) is 61.4 Å². The first kappa shape index (κ1) is 22.3. The minimum atomic E-state index is -4.85. The zero-order valence-corrected chi connectivity index (χ0v) is 16.8. The molecule has 28 heavy (non-hydrogen) atoms. The molecule has 1 aliphatic rings. The Balaban J connectivity index is 2.09. The second-order valence-corrected chi connectivity index (χ2v) is 9.30. The largest absolute Gasteiger partial charge is 0.573 e. The molecule has 0 aromatic heterocycles. The average Bonchev–Trinajstić information content (AvgIpc) is 2.51. The highest BCUT2D eigenvalue weighted by atomic mass is 32.2. The van der Waals surface area contributed by atoms with Gasteiger partial charge in [-0.05, 0) is 52.0 Å². The molecule has 158 valence electrons. The van der Waals surface area contributed by atoms with Gasteiger partial charge in [0.05, 0.1) is 4.90 Å². The van der Waals surface area contributed by atoms with E-state index < -0.39 is 39.9 Å². The number of nitrogens with zero attached hydrogens (tertiary/aromatic N) is 2. The Labute approximate surface area is 162 Å². The Morgan fingerprint density at radius 1 is 1.11 bits per heavy atom. The SMILES string of the molecule is C[C@H]1CN(C(=O)OC(C)(C)C)CCN1S(=O)(=O)c1ccc(OC(F)(F)F)cc1. The van der Waals surface area contributed by atoms with Gasteiger partial charge in [0, 0.05) is 25.7 Å². The number of ether oxygens (including phenoxy) is 2. The Kier molecular flexibility index (Phi) is 6.19. The Bertz CT molecular complexity index is 804. The Morgan fingerprint density at radius 3 is 2.14 bits per heavy atom. The van der Waals surface area contributed by atoms with Crippen molar-refractivity contribution in [2.24, 2.45) is 0 Å². The van der Waals surface area contributed by atoms with E-state index >= 15 is 0 Å². The molecule has 1 heterocycles. The van der Waals surface area contributed by atoms with Crippen LogP contribution in [0.4, 0.5) is 18.0 Å². The first-order valence-electron chi connectivity index (χ1n) is 8.55. The average molecular weight is 424 g/mol. The monoisotopic (exact) mass is 424 g/mol. The van der Waals surface area contributed by atoms with E-state index in [2.05, 4.69) is 4.74 Å². The van der Waals surface area contributed by atoms with Crippen molar-refractivity contribution in [1.29, 1.82) is 0 Å². The van der Waals surface area contributed by atoms with Gasteiger partial charge in [0.25, 0.3) is 0 Å². The van der Waals surface area contributed by atoms with Crippen molar-refractivity contribution in [1.82, 2.24) is 9.21 Å². The van der Waals surface area contributed by atoms with Crippen LogP contribution in [0, 0.1) is 0 Å². The Hall–Kier alpha value is -2.01. The molecule has 0 aliphatic carbocycles. The molecular formula is C17H23F3N2O5S. The summed E-state index contributed by atoms with van der Waals surface area (Å²) >= 11 is 0. The van der Waals surface area contributed by atoms with Crippen LogP contribution in [0.2, 0.25) is 0 Å². The Morgan fingerprint density at radius 2 is 1.68 bits per heavy atom. The molecule has 1 amide bonds. The molecule has 1 aromatic carbocycles. The van der Waals surface area contributed by atoms with Gasteiger partial charge in [-0.2, -0.15) is 4.31 Å². The molecule has 0 radical (unpaired) electrons. The maximum atomic E-state index is 12.8. The van der Waals surface area contributed by atoms with Crippen molar-refractivity contribution >= 4 is 16.1 Å². The molecule has 1 fully saturated rings. The number of benzene rings is 1. The summed E-state index contributed by atoms with van der Waals surface area (Å²) in [7, 11) is -3.94. The fraction of sp³-hybridized carbons (Fsp3) is 0.588. The predicted molar refractivity (Wildman–Crippen MR) is 94.3 cm³/mol. The molecule has 0 N–H and O–H groups in total. The van der Waals surface area contributed by atoms with Crippen molar-refractivity contribution in [3.8, 4) is 5.75 Å². The molecule has 0 unspecified atom stereocenters. The number of rotatable bonds is 3. The normalized spacial score (nSPS) is 19.4. The second-order valence-electron chi connectivity index (χ2n) is 7.41. The molecule has 0 bridgehead atoms. The zero-order valence-electron chi connectivity index (χ0n) is 16.0. The number of hydrogen-bond donors (Lipinski definition) is 0. The summed E-state index contributed by atoms with van der Waals surface area (Å²) in [6.45, 7) is 7.19. The van der Waals surface area contributed by atoms with E-state index in [9.17, 15) is 26.4 Å². The molecular weight excluding hydrogens is 401 g/mol. The third-order valence-electron chi connectivity index (χ3n) is 3.88. The first-order chi connectivity index (χ1) is 12.7. The standard InChI is InChI=1S/C17H23F3N2O5S/c1-12-11-21(15(23)27-16(2,3)4)9-10-22(12)28(24,25)14-7-5-13(6-8-14)26-17(18,19)20/h5-8,12H,9-11H2,1-4H3/t12-/m0/s1. The van der Waals surface area contributed by atoms with Crippen LogP contribution < -0.4 is 4.74 Å². The van der Waals surface area contributed by atoms with E-state index in [1.165, 1.54) is 9.21 Å². The van der Waals surface area contributed by atoms with Gasteiger partial charge < -0.3 is 14.4 Å². The van der Waals surface area contributed by atoms with Gasteiger partial charge in [-0.3, -0.25) is 0 Å². The third kappa shape index (κ3) is 5.74. The third-order valence-corrected chi connectivity index (χ3v) is 5.91. The van der Waals surface area contributed by atoms with Crippen LogP contribution in [0.1, 0.15) is 27.7 Å². The van der Waals surface area contributed by atoms with Gasteiger partial charge in [0.2, 0.25) is 10.0 Å². The van der Waals surface area contributed by atoms with Gasteiger partial charge >= 0.3 is 12.5 Å². The van der Waals surface area contributed by atoms with Crippen LogP contribution in [0.25, 0.3) is 0 Å². The van der Waals surface area contributed by atoms with Crippen LogP contribution in [0.15, 0.2) is 29.2 Å². The number of amides is 1. The van der Waals surface area contributed by atoms with Crippen molar-refractivity contribution in [2.45, 2.75) is 50.6 Å². The minimum Gasteiger partial charge on any atom is -0.444 e. The van der Waals surface area contributed by atoms with E-state index in [1.54, 1.807) is 27.7 Å². The van der Waals surface area contributed by atoms with E-state index in [-0.39, 0.29) is 24.5 Å². The molecule has 0 spiro atoms. The number of alkyl halides is 3. The number of piperazine rings is 1. The van der Waals surface area contributed by atoms with E-state index in [0.29, 0.717) is 0 Å². The van der Waals surface area contributed by atoms with Crippen molar-refractivity contribution < 1.29 is 35.9 Å². The van der Waals surface area contributed by atoms with Crippen molar-refractivity contribution in [2.75, 3.05) is 19.6 Å². The smallest absolute Gasteiger partial charge is 0.444 e. The van der Waals surface area contributed by atoms with Crippen LogP contribution in [0.5, 0.6) is 5.75 Å². The molecule has 11 heteroatoms. The summed E-state index contributed by atoms with van der Waals surface area (Å²) < 4.78 is 72.6. The van der Waals surface area contributed by atoms with Crippen LogP contribution in [-0.2, 0) is 14.8 Å². The van der Waals surface area contributed by atoms with E-state index in [1.807, 2.05) is 0 Å². The van der Waals surface area contributed by atoms with E-state index in [4.69, 9.17) is 4.74 Å². The molecule has 1 saturated heterocycles. The molecule has 1 atom stereocenters. The summed E-state index contributed by atoms with van der Waals surface area (Å²) in [6.07, 6.45) is -5.38. The number of carbonyl (C=O) groups excluding carboxylic acids is 1. The zero-order chi connectivity index (χ0) is 21.3. The number of halogens is 3. The molecule has 7 nitrogen and oxygen atoms in total.